The number of carbonyl (C=O) groups is 1. The molecule has 4 heterocycles. The molecule has 0 amide bonds. The smallest absolute Gasteiger partial charge is 0.449 e. The average molecular weight is 540 g/mol. The van der Waals surface area contributed by atoms with Crippen LogP contribution in [0.5, 0.6) is 0 Å². The lowest BCUT2D eigenvalue weighted by Gasteiger charge is -2.37. The lowest BCUT2D eigenvalue weighted by Crippen LogP contribution is -2.55. The van der Waals surface area contributed by atoms with Crippen LogP contribution in [0.15, 0.2) is 11.4 Å². The van der Waals surface area contributed by atoms with E-state index in [4.69, 9.17) is 25.5 Å². The van der Waals surface area contributed by atoms with Gasteiger partial charge in [-0.05, 0) is 19.4 Å². The molecule has 0 saturated carbocycles. The molecule has 1 aliphatic heterocycles. The number of ether oxygens (including phenoxy) is 1. The second-order valence-electron chi connectivity index (χ2n) is 8.03. The van der Waals surface area contributed by atoms with Gasteiger partial charge in [-0.3, -0.25) is 10.8 Å². The highest BCUT2D eigenvalue weighted by Gasteiger charge is 2.41. The Labute approximate surface area is 213 Å². The highest BCUT2D eigenvalue weighted by atomic mass is 32.1. The number of hydrogen-bond donors (Lipinski definition) is 2. The number of rotatable bonds is 7. The second-order valence-corrected chi connectivity index (χ2v) is 10.1. The van der Waals surface area contributed by atoms with Gasteiger partial charge in [0.15, 0.2) is 5.69 Å². The number of alkyl halides is 3. The van der Waals surface area contributed by atoms with Crippen LogP contribution < -0.4 is 4.90 Å². The van der Waals surface area contributed by atoms with E-state index in [9.17, 15) is 18.0 Å². The fraction of sp³-hybridized carbons (Fsp3) is 0.455. The first-order valence-corrected chi connectivity index (χ1v) is 13.0. The first-order valence-electron chi connectivity index (χ1n) is 11.3. The number of nitrogens with zero attached hydrogens (tertiary/aromatic N) is 5. The molecule has 14 heteroatoms. The molecule has 0 atom stereocenters. The van der Waals surface area contributed by atoms with E-state index in [0.29, 0.717) is 21.5 Å². The Morgan fingerprint density at radius 1 is 1.22 bits per heavy atom. The molecule has 3 aromatic heterocycles. The summed E-state index contributed by atoms with van der Waals surface area (Å²) in [5, 5.41) is 18.6. The number of esters is 1. The molecule has 0 aromatic carbocycles. The molecule has 0 radical (unpaired) electrons. The summed E-state index contributed by atoms with van der Waals surface area (Å²) < 4.78 is 44.1. The predicted molar refractivity (Wildman–Crippen MR) is 133 cm³/mol. The van der Waals surface area contributed by atoms with Gasteiger partial charge in [0, 0.05) is 23.3 Å². The molecule has 0 spiro atoms. The fourth-order valence-electron chi connectivity index (χ4n) is 3.80. The number of halogens is 3. The zero-order chi connectivity index (χ0) is 26.0. The maximum atomic E-state index is 13.0. The summed E-state index contributed by atoms with van der Waals surface area (Å²) in [7, 11) is 0. The van der Waals surface area contributed by atoms with Crippen molar-refractivity contribution in [1.82, 2.24) is 19.9 Å². The molecule has 2 N–H and O–H groups in total. The Hall–Kier alpha value is -3.13. The van der Waals surface area contributed by atoms with Crippen LogP contribution in [0.3, 0.4) is 0 Å². The summed E-state index contributed by atoms with van der Waals surface area (Å²) in [6.45, 7) is 3.93. The van der Waals surface area contributed by atoms with Crippen molar-refractivity contribution in [2.24, 2.45) is 0 Å². The Balaban J connectivity index is 1.64. The summed E-state index contributed by atoms with van der Waals surface area (Å²) in [4.78, 5) is 30.0. The van der Waals surface area contributed by atoms with Gasteiger partial charge in [-0.25, -0.2) is 19.7 Å². The normalized spacial score (nSPS) is 14.5. The Morgan fingerprint density at radius 3 is 2.67 bits per heavy atom. The van der Waals surface area contributed by atoms with Gasteiger partial charge in [0.25, 0.3) is 0 Å². The molecular formula is C22H24F3N7O2S2. The lowest BCUT2D eigenvalue weighted by molar-refractivity contribution is -0.0671. The number of thiophene rings is 1. The van der Waals surface area contributed by atoms with E-state index in [1.165, 1.54) is 22.7 Å². The standard InChI is InChI=1S/C22H24F3N7O2S2/c1-3-5-12-8-13-18(31-6-7-32(15(26)10-31)21(27)22(23,24)25)29-16(30-19(13)36-12)9-17-28-14(11-35-17)20(33)34-4-2/h8,11,26-27H,3-7,9-10H2,1-2H3. The van der Waals surface area contributed by atoms with Crippen molar-refractivity contribution < 1.29 is 22.7 Å². The van der Waals surface area contributed by atoms with Crippen LogP contribution in [0.25, 0.3) is 10.2 Å². The highest BCUT2D eigenvalue weighted by Crippen LogP contribution is 2.33. The maximum Gasteiger partial charge on any atom is 0.449 e. The maximum absolute atomic E-state index is 13.0. The largest absolute Gasteiger partial charge is 0.461 e. The summed E-state index contributed by atoms with van der Waals surface area (Å²) in [5.74, 6) is -1.36. The zero-order valence-corrected chi connectivity index (χ0v) is 21.2. The topological polar surface area (TPSA) is 119 Å². The second kappa shape index (κ2) is 10.5. The zero-order valence-electron chi connectivity index (χ0n) is 19.6. The minimum absolute atomic E-state index is 0.118. The monoisotopic (exact) mass is 539 g/mol. The molecule has 1 saturated heterocycles. The van der Waals surface area contributed by atoms with Crippen LogP contribution in [-0.2, 0) is 17.6 Å². The molecule has 3 aromatic rings. The number of aromatic nitrogens is 3. The first kappa shape index (κ1) is 25.9. The van der Waals surface area contributed by atoms with E-state index in [0.717, 1.165) is 27.9 Å². The van der Waals surface area contributed by atoms with E-state index in [1.807, 2.05) is 6.07 Å². The van der Waals surface area contributed by atoms with E-state index >= 15 is 0 Å². The van der Waals surface area contributed by atoms with Crippen molar-refractivity contribution in [2.45, 2.75) is 39.3 Å². The number of aryl methyl sites for hydroxylation is 1. The predicted octanol–water partition coefficient (Wildman–Crippen LogP) is 4.51. The highest BCUT2D eigenvalue weighted by molar-refractivity contribution is 7.18. The molecular weight excluding hydrogens is 515 g/mol. The minimum atomic E-state index is -4.82. The summed E-state index contributed by atoms with van der Waals surface area (Å²) in [6.07, 6.45) is -2.74. The molecule has 1 aliphatic rings. The molecule has 9 nitrogen and oxygen atoms in total. The quantitative estimate of drug-likeness (QED) is 0.258. The Kier molecular flexibility index (Phi) is 7.54. The first-order chi connectivity index (χ1) is 17.1. The van der Waals surface area contributed by atoms with E-state index < -0.39 is 18.0 Å². The molecule has 0 bridgehead atoms. The molecule has 0 unspecified atom stereocenters. The van der Waals surface area contributed by atoms with Crippen LogP contribution in [-0.4, -0.2) is 69.9 Å². The van der Waals surface area contributed by atoms with Gasteiger partial charge >= 0.3 is 12.1 Å². The fourth-order valence-corrected chi connectivity index (χ4v) is 5.70. The van der Waals surface area contributed by atoms with Crippen molar-refractivity contribution in [1.29, 1.82) is 10.8 Å². The number of carbonyl (C=O) groups excluding carboxylic acids is 1. The lowest BCUT2D eigenvalue weighted by atomic mass is 10.2. The summed E-state index contributed by atoms with van der Waals surface area (Å²) in [5.41, 5.74) is 0.219. The van der Waals surface area contributed by atoms with Gasteiger partial charge < -0.3 is 14.5 Å². The van der Waals surface area contributed by atoms with Crippen molar-refractivity contribution in [3.63, 3.8) is 0 Å². The van der Waals surface area contributed by atoms with Gasteiger partial charge in [0.05, 0.1) is 25.0 Å². The van der Waals surface area contributed by atoms with E-state index in [1.54, 1.807) is 17.2 Å². The summed E-state index contributed by atoms with van der Waals surface area (Å²) >= 11 is 2.83. The van der Waals surface area contributed by atoms with Gasteiger partial charge in [0.2, 0.25) is 5.84 Å². The van der Waals surface area contributed by atoms with Crippen LogP contribution in [0.2, 0.25) is 0 Å². The third kappa shape index (κ3) is 5.48. The third-order valence-electron chi connectivity index (χ3n) is 5.41. The van der Waals surface area contributed by atoms with E-state index in [2.05, 4.69) is 11.9 Å². The molecule has 192 valence electrons. The minimum Gasteiger partial charge on any atom is -0.461 e. The Bertz CT molecular complexity index is 1300. The number of piperazine rings is 1. The van der Waals surface area contributed by atoms with Gasteiger partial charge in [-0.1, -0.05) is 13.3 Å². The number of thiazole rings is 1. The van der Waals surface area contributed by atoms with Crippen molar-refractivity contribution >= 4 is 56.3 Å². The van der Waals surface area contributed by atoms with Gasteiger partial charge in [0.1, 0.15) is 27.3 Å². The number of hydrogen-bond acceptors (Lipinski definition) is 10. The molecule has 4 rings (SSSR count). The van der Waals surface area contributed by atoms with Crippen LogP contribution in [0, 0.1) is 10.8 Å². The Morgan fingerprint density at radius 2 is 2.00 bits per heavy atom. The number of fused-ring (bicyclic) bond motifs is 1. The van der Waals surface area contributed by atoms with Crippen LogP contribution in [0.1, 0.15) is 46.5 Å². The number of amidine groups is 2. The van der Waals surface area contributed by atoms with Crippen LogP contribution >= 0.6 is 22.7 Å². The van der Waals surface area contributed by atoms with Crippen LogP contribution in [0.4, 0.5) is 19.0 Å². The third-order valence-corrected chi connectivity index (χ3v) is 7.35. The SMILES string of the molecule is CCCc1cc2c(N3CCN(C(=N)C(F)(F)F)C(=N)C3)nc(Cc3nc(C(=O)OCC)cs3)nc2s1. The van der Waals surface area contributed by atoms with Gasteiger partial charge in [-0.2, -0.15) is 13.2 Å². The summed E-state index contributed by atoms with van der Waals surface area (Å²) in [6, 6.07) is 2.00. The average Bonchev–Trinajstić information content (AvgIpc) is 3.44. The molecule has 36 heavy (non-hydrogen) atoms. The van der Waals surface area contributed by atoms with Gasteiger partial charge in [-0.15, -0.1) is 22.7 Å². The number of nitrogens with one attached hydrogen (secondary N) is 2. The van der Waals surface area contributed by atoms with Crippen molar-refractivity contribution in [2.75, 3.05) is 31.1 Å². The number of anilines is 1. The molecule has 1 fully saturated rings. The van der Waals surface area contributed by atoms with E-state index in [-0.39, 0.29) is 44.2 Å². The van der Waals surface area contributed by atoms with Crippen molar-refractivity contribution in [3.8, 4) is 0 Å². The van der Waals surface area contributed by atoms with Crippen molar-refractivity contribution in [3.05, 3.63) is 32.8 Å². The molecule has 0 aliphatic carbocycles.